The highest BCUT2D eigenvalue weighted by molar-refractivity contribution is 7.89. The highest BCUT2D eigenvalue weighted by Gasteiger charge is 2.14. The molecule has 0 unspecified atom stereocenters. The van der Waals surface area contributed by atoms with Crippen LogP contribution in [0.4, 0.5) is 11.6 Å². The molecule has 0 saturated carbocycles. The quantitative estimate of drug-likeness (QED) is 0.379. The molecule has 2 heterocycles. The number of aryl methyl sites for hydroxylation is 1. The number of sulfonamides is 1. The number of hydrogen-bond donors (Lipinski definition) is 3. The van der Waals surface area contributed by atoms with Gasteiger partial charge < -0.3 is 19.7 Å². The average Bonchev–Trinajstić information content (AvgIpc) is 3.14. The molecule has 0 radical (unpaired) electrons. The number of aliphatic hydroxyl groups excluding tert-OH is 1. The summed E-state index contributed by atoms with van der Waals surface area (Å²) >= 11 is 0. The summed E-state index contributed by atoms with van der Waals surface area (Å²) in [5.74, 6) is 1.31. The lowest BCUT2D eigenvalue weighted by Crippen LogP contribution is -2.27. The van der Waals surface area contributed by atoms with Crippen molar-refractivity contribution in [2.75, 3.05) is 31.7 Å². The first kappa shape index (κ1) is 22.8. The van der Waals surface area contributed by atoms with E-state index in [1.54, 1.807) is 24.5 Å². The highest BCUT2D eigenvalue weighted by Crippen LogP contribution is 2.21. The zero-order valence-electron chi connectivity index (χ0n) is 17.4. The number of rotatable bonds is 11. The number of aromatic nitrogens is 4. The van der Waals surface area contributed by atoms with Crippen LogP contribution in [0.15, 0.2) is 47.6 Å². The lowest BCUT2D eigenvalue weighted by molar-refractivity contribution is 0.0961. The Balaban J connectivity index is 1.67. The van der Waals surface area contributed by atoms with E-state index in [2.05, 4.69) is 29.6 Å². The van der Waals surface area contributed by atoms with Gasteiger partial charge in [-0.1, -0.05) is 0 Å². The standard InChI is InChI=1S/C20H26N6O4S/c1-3-26-15(2)22-14-19(26)18-8-9-21-20(25-18)24-16-4-6-17(7-5-16)31(28,29)23-10-12-30-13-11-27/h4-9,14,23,27H,3,10-13H2,1-2H3,(H,21,24,25). The molecule has 1 aromatic carbocycles. The van der Waals surface area contributed by atoms with Gasteiger partial charge in [-0.05, 0) is 44.2 Å². The van der Waals surface area contributed by atoms with Gasteiger partial charge in [0, 0.05) is 25.0 Å². The molecule has 3 N–H and O–H groups in total. The summed E-state index contributed by atoms with van der Waals surface area (Å²) in [5.41, 5.74) is 2.30. The third kappa shape index (κ3) is 5.85. The molecule has 2 aromatic heterocycles. The lowest BCUT2D eigenvalue weighted by atomic mass is 10.3. The predicted molar refractivity (Wildman–Crippen MR) is 116 cm³/mol. The molecule has 3 rings (SSSR count). The van der Waals surface area contributed by atoms with Crippen molar-refractivity contribution in [3.8, 4) is 11.4 Å². The Morgan fingerprint density at radius 2 is 1.90 bits per heavy atom. The van der Waals surface area contributed by atoms with Crippen molar-refractivity contribution in [3.63, 3.8) is 0 Å². The third-order valence-electron chi connectivity index (χ3n) is 4.48. The van der Waals surface area contributed by atoms with Crippen LogP contribution in [0.1, 0.15) is 12.7 Å². The first-order valence-electron chi connectivity index (χ1n) is 9.85. The van der Waals surface area contributed by atoms with Crippen LogP contribution in [0.2, 0.25) is 0 Å². The van der Waals surface area contributed by atoms with E-state index in [1.165, 1.54) is 12.1 Å². The maximum Gasteiger partial charge on any atom is 0.240 e. The van der Waals surface area contributed by atoms with Crippen molar-refractivity contribution in [2.24, 2.45) is 0 Å². The van der Waals surface area contributed by atoms with Gasteiger partial charge in [0.1, 0.15) is 5.82 Å². The van der Waals surface area contributed by atoms with Gasteiger partial charge in [0.2, 0.25) is 16.0 Å². The minimum Gasteiger partial charge on any atom is -0.394 e. The van der Waals surface area contributed by atoms with Crippen molar-refractivity contribution >= 4 is 21.7 Å². The van der Waals surface area contributed by atoms with Crippen LogP contribution < -0.4 is 10.0 Å². The van der Waals surface area contributed by atoms with Crippen molar-refractivity contribution in [2.45, 2.75) is 25.3 Å². The molecule has 0 amide bonds. The molecule has 0 spiro atoms. The van der Waals surface area contributed by atoms with Crippen LogP contribution in [0.3, 0.4) is 0 Å². The smallest absolute Gasteiger partial charge is 0.240 e. The molecule has 0 aliphatic heterocycles. The molecule has 166 valence electrons. The Kier molecular flexibility index (Phi) is 7.69. The van der Waals surface area contributed by atoms with E-state index in [4.69, 9.17) is 9.84 Å². The summed E-state index contributed by atoms with van der Waals surface area (Å²) in [6.45, 7) is 5.15. The van der Waals surface area contributed by atoms with Crippen LogP contribution in [0.25, 0.3) is 11.4 Å². The van der Waals surface area contributed by atoms with E-state index in [9.17, 15) is 8.42 Å². The van der Waals surface area contributed by atoms with Crippen LogP contribution >= 0.6 is 0 Å². The Hall–Kier alpha value is -2.86. The number of benzene rings is 1. The number of anilines is 2. The van der Waals surface area contributed by atoms with Gasteiger partial charge in [0.15, 0.2) is 0 Å². The van der Waals surface area contributed by atoms with Gasteiger partial charge in [0.25, 0.3) is 0 Å². The number of nitrogens with one attached hydrogen (secondary N) is 2. The maximum atomic E-state index is 12.3. The Morgan fingerprint density at radius 1 is 1.13 bits per heavy atom. The van der Waals surface area contributed by atoms with Gasteiger partial charge in [0.05, 0.1) is 42.3 Å². The van der Waals surface area contributed by atoms with Gasteiger partial charge in [-0.3, -0.25) is 0 Å². The second-order valence-corrected chi connectivity index (χ2v) is 8.35. The zero-order chi connectivity index (χ0) is 22.3. The normalized spacial score (nSPS) is 11.6. The molecule has 31 heavy (non-hydrogen) atoms. The lowest BCUT2D eigenvalue weighted by Gasteiger charge is -2.10. The minimum absolute atomic E-state index is 0.101. The van der Waals surface area contributed by atoms with Gasteiger partial charge in [-0.2, -0.15) is 0 Å². The van der Waals surface area contributed by atoms with Crippen molar-refractivity contribution in [3.05, 3.63) is 48.5 Å². The monoisotopic (exact) mass is 446 g/mol. The fraction of sp³-hybridized carbons (Fsp3) is 0.350. The maximum absolute atomic E-state index is 12.3. The van der Waals surface area contributed by atoms with Crippen molar-refractivity contribution < 1.29 is 18.3 Å². The molecule has 10 nitrogen and oxygen atoms in total. The summed E-state index contributed by atoms with van der Waals surface area (Å²) in [7, 11) is -3.65. The number of ether oxygens (including phenoxy) is 1. The predicted octanol–water partition coefficient (Wildman–Crippen LogP) is 1.70. The Morgan fingerprint density at radius 3 is 2.61 bits per heavy atom. The second kappa shape index (κ2) is 10.4. The first-order valence-corrected chi connectivity index (χ1v) is 11.3. The molecule has 0 fully saturated rings. The van der Waals surface area contributed by atoms with E-state index in [-0.39, 0.29) is 31.3 Å². The summed E-state index contributed by atoms with van der Waals surface area (Å²) in [5, 5.41) is 11.7. The Bertz CT molecular complexity index is 1100. The Labute approximate surface area is 181 Å². The van der Waals surface area contributed by atoms with E-state index < -0.39 is 10.0 Å². The SMILES string of the molecule is CCn1c(-c2ccnc(Nc3ccc(S(=O)(=O)NCCOCCO)cc3)n2)cnc1C. The molecule has 0 atom stereocenters. The molecule has 11 heteroatoms. The number of hydrogen-bond acceptors (Lipinski definition) is 8. The summed E-state index contributed by atoms with van der Waals surface area (Å²) in [6.07, 6.45) is 3.45. The summed E-state index contributed by atoms with van der Waals surface area (Å²) < 4.78 is 34.2. The molecule has 0 saturated heterocycles. The minimum atomic E-state index is -3.65. The molecular weight excluding hydrogens is 420 g/mol. The second-order valence-electron chi connectivity index (χ2n) is 6.58. The van der Waals surface area contributed by atoms with E-state index in [0.717, 1.165) is 23.8 Å². The molecule has 3 aromatic rings. The fourth-order valence-corrected chi connectivity index (χ4v) is 3.99. The van der Waals surface area contributed by atoms with E-state index in [0.29, 0.717) is 11.6 Å². The van der Waals surface area contributed by atoms with Crippen molar-refractivity contribution in [1.82, 2.24) is 24.2 Å². The molecule has 0 aliphatic rings. The summed E-state index contributed by atoms with van der Waals surface area (Å²) in [6, 6.07) is 8.11. The van der Waals surface area contributed by atoms with Crippen molar-refractivity contribution in [1.29, 1.82) is 0 Å². The van der Waals surface area contributed by atoms with Crippen LogP contribution in [0.5, 0.6) is 0 Å². The van der Waals surface area contributed by atoms with Gasteiger partial charge in [-0.25, -0.2) is 28.1 Å². The first-order chi connectivity index (χ1) is 14.9. The number of imidazole rings is 1. The zero-order valence-corrected chi connectivity index (χ0v) is 18.3. The van der Waals surface area contributed by atoms with Crippen LogP contribution in [-0.2, 0) is 21.3 Å². The number of nitrogens with zero attached hydrogens (tertiary/aromatic N) is 4. The summed E-state index contributed by atoms with van der Waals surface area (Å²) in [4.78, 5) is 13.3. The van der Waals surface area contributed by atoms with Gasteiger partial charge in [-0.15, -0.1) is 0 Å². The van der Waals surface area contributed by atoms with E-state index >= 15 is 0 Å². The third-order valence-corrected chi connectivity index (χ3v) is 5.96. The number of aliphatic hydroxyl groups is 1. The van der Waals surface area contributed by atoms with Crippen LogP contribution in [0, 0.1) is 6.92 Å². The molecule has 0 bridgehead atoms. The van der Waals surface area contributed by atoms with Crippen LogP contribution in [-0.4, -0.2) is 59.4 Å². The van der Waals surface area contributed by atoms with E-state index in [1.807, 2.05) is 19.9 Å². The van der Waals surface area contributed by atoms with Gasteiger partial charge >= 0.3 is 0 Å². The molecular formula is C20H26N6O4S. The highest BCUT2D eigenvalue weighted by atomic mass is 32.2. The molecule has 0 aliphatic carbocycles. The average molecular weight is 447 g/mol. The fourth-order valence-electron chi connectivity index (χ4n) is 2.98. The largest absolute Gasteiger partial charge is 0.394 e. The topological polar surface area (TPSA) is 131 Å².